The number of hydrogen-bond donors (Lipinski definition) is 0. The highest BCUT2D eigenvalue weighted by Gasteiger charge is 2.11. The van der Waals surface area contributed by atoms with Crippen LogP contribution in [0.3, 0.4) is 0 Å². The van der Waals surface area contributed by atoms with Gasteiger partial charge in [-0.1, -0.05) is 13.8 Å². The minimum atomic E-state index is 0.447. The quantitative estimate of drug-likeness (QED) is 0.689. The molecule has 0 atom stereocenters. The Labute approximate surface area is 83.8 Å². The Bertz CT molecular complexity index is 469. The van der Waals surface area contributed by atoms with Crippen molar-refractivity contribution in [2.75, 3.05) is 0 Å². The molecule has 0 aromatic carbocycles. The maximum Gasteiger partial charge on any atom is 0.143 e. The number of aromatic nitrogens is 3. The zero-order valence-corrected chi connectivity index (χ0v) is 9.07. The van der Waals surface area contributed by atoms with Crippen LogP contribution in [0, 0.1) is 6.92 Å². The first kappa shape index (κ1) is 9.19. The summed E-state index contributed by atoms with van der Waals surface area (Å²) in [5.74, 6) is 0.447. The fraction of sp³-hybridized carbons (Fsp3) is 0.455. The predicted molar refractivity (Wildman–Crippen MR) is 57.3 cm³/mol. The van der Waals surface area contributed by atoms with Gasteiger partial charge in [-0.05, 0) is 18.9 Å². The first-order valence-corrected chi connectivity index (χ1v) is 4.88. The van der Waals surface area contributed by atoms with Gasteiger partial charge in [-0.2, -0.15) is 0 Å². The lowest BCUT2D eigenvalue weighted by molar-refractivity contribution is 0.824. The third-order valence-electron chi connectivity index (χ3n) is 2.64. The molecule has 2 aromatic rings. The van der Waals surface area contributed by atoms with Gasteiger partial charge in [0, 0.05) is 18.1 Å². The molecule has 74 valence electrons. The standard InChI is InChI=1S/C11H15N3/c1-7(2)10-9-5-8(3)14(4)11(9)13-6-12-10/h5-7H,1-4H3. The third-order valence-corrected chi connectivity index (χ3v) is 2.64. The van der Waals surface area contributed by atoms with E-state index in [9.17, 15) is 0 Å². The summed E-state index contributed by atoms with van der Waals surface area (Å²) in [5, 5.41) is 1.18. The molecule has 3 heteroatoms. The molecular weight excluding hydrogens is 174 g/mol. The second kappa shape index (κ2) is 3.08. The summed E-state index contributed by atoms with van der Waals surface area (Å²) in [6.45, 7) is 6.40. The Hall–Kier alpha value is -1.38. The van der Waals surface area contributed by atoms with Crippen LogP contribution in [-0.4, -0.2) is 14.5 Å². The van der Waals surface area contributed by atoms with E-state index in [2.05, 4.69) is 41.4 Å². The summed E-state index contributed by atoms with van der Waals surface area (Å²) >= 11 is 0. The van der Waals surface area contributed by atoms with Crippen molar-refractivity contribution in [2.24, 2.45) is 7.05 Å². The van der Waals surface area contributed by atoms with E-state index in [4.69, 9.17) is 0 Å². The smallest absolute Gasteiger partial charge is 0.143 e. The molecule has 2 heterocycles. The molecule has 0 saturated heterocycles. The molecule has 0 unspecified atom stereocenters. The first-order chi connectivity index (χ1) is 6.61. The summed E-state index contributed by atoms with van der Waals surface area (Å²) in [7, 11) is 2.04. The van der Waals surface area contributed by atoms with Crippen molar-refractivity contribution in [3.63, 3.8) is 0 Å². The van der Waals surface area contributed by atoms with Gasteiger partial charge < -0.3 is 4.57 Å². The number of aryl methyl sites for hydroxylation is 2. The predicted octanol–water partition coefficient (Wildman–Crippen LogP) is 2.40. The van der Waals surface area contributed by atoms with Gasteiger partial charge in [0.1, 0.15) is 12.0 Å². The highest BCUT2D eigenvalue weighted by molar-refractivity contribution is 5.80. The van der Waals surface area contributed by atoms with Crippen LogP contribution in [0.4, 0.5) is 0 Å². The van der Waals surface area contributed by atoms with E-state index < -0.39 is 0 Å². The zero-order chi connectivity index (χ0) is 10.3. The Morgan fingerprint density at radius 2 is 2.00 bits per heavy atom. The Balaban J connectivity index is 2.81. The van der Waals surface area contributed by atoms with Crippen molar-refractivity contribution < 1.29 is 0 Å². The third kappa shape index (κ3) is 1.20. The van der Waals surface area contributed by atoms with Crippen molar-refractivity contribution in [3.8, 4) is 0 Å². The zero-order valence-electron chi connectivity index (χ0n) is 9.07. The molecule has 0 N–H and O–H groups in total. The van der Waals surface area contributed by atoms with Crippen molar-refractivity contribution in [1.29, 1.82) is 0 Å². The number of nitrogens with zero attached hydrogens (tertiary/aromatic N) is 3. The van der Waals surface area contributed by atoms with Gasteiger partial charge in [0.25, 0.3) is 0 Å². The van der Waals surface area contributed by atoms with Crippen LogP contribution in [0.2, 0.25) is 0 Å². The van der Waals surface area contributed by atoms with Gasteiger partial charge >= 0.3 is 0 Å². The molecule has 14 heavy (non-hydrogen) atoms. The second-order valence-electron chi connectivity index (χ2n) is 4.00. The van der Waals surface area contributed by atoms with Gasteiger partial charge in [0.15, 0.2) is 0 Å². The summed E-state index contributed by atoms with van der Waals surface area (Å²) in [6.07, 6.45) is 1.65. The fourth-order valence-corrected chi connectivity index (χ4v) is 1.74. The Morgan fingerprint density at radius 3 is 2.64 bits per heavy atom. The van der Waals surface area contributed by atoms with E-state index in [1.807, 2.05) is 7.05 Å². The summed E-state index contributed by atoms with van der Waals surface area (Å²) < 4.78 is 2.10. The van der Waals surface area contributed by atoms with Crippen LogP contribution in [0.5, 0.6) is 0 Å². The molecule has 0 aliphatic rings. The molecule has 3 nitrogen and oxygen atoms in total. The monoisotopic (exact) mass is 189 g/mol. The van der Waals surface area contributed by atoms with E-state index in [1.54, 1.807) is 6.33 Å². The lowest BCUT2D eigenvalue weighted by Gasteiger charge is -2.04. The van der Waals surface area contributed by atoms with Crippen LogP contribution >= 0.6 is 0 Å². The molecule has 0 spiro atoms. The van der Waals surface area contributed by atoms with E-state index in [0.717, 1.165) is 11.3 Å². The number of hydrogen-bond acceptors (Lipinski definition) is 2. The van der Waals surface area contributed by atoms with Crippen molar-refractivity contribution in [1.82, 2.24) is 14.5 Å². The maximum absolute atomic E-state index is 4.34. The van der Waals surface area contributed by atoms with E-state index in [0.29, 0.717) is 5.92 Å². The minimum Gasteiger partial charge on any atom is -0.333 e. The highest BCUT2D eigenvalue weighted by atomic mass is 15.0. The molecule has 2 rings (SSSR count). The number of rotatable bonds is 1. The topological polar surface area (TPSA) is 30.7 Å². The van der Waals surface area contributed by atoms with E-state index in [1.165, 1.54) is 11.1 Å². The van der Waals surface area contributed by atoms with Crippen LogP contribution < -0.4 is 0 Å². The van der Waals surface area contributed by atoms with Gasteiger partial charge in [-0.15, -0.1) is 0 Å². The Morgan fingerprint density at radius 1 is 1.29 bits per heavy atom. The summed E-state index contributed by atoms with van der Waals surface area (Å²) in [4.78, 5) is 8.63. The summed E-state index contributed by atoms with van der Waals surface area (Å²) in [6, 6.07) is 2.16. The van der Waals surface area contributed by atoms with Gasteiger partial charge in [-0.25, -0.2) is 9.97 Å². The van der Waals surface area contributed by atoms with Crippen molar-refractivity contribution in [3.05, 3.63) is 23.8 Å². The SMILES string of the molecule is Cc1cc2c(C(C)C)ncnc2n1C. The lowest BCUT2D eigenvalue weighted by atomic mass is 10.1. The summed E-state index contributed by atoms with van der Waals surface area (Å²) in [5.41, 5.74) is 3.39. The van der Waals surface area contributed by atoms with Crippen molar-refractivity contribution in [2.45, 2.75) is 26.7 Å². The van der Waals surface area contributed by atoms with Crippen molar-refractivity contribution >= 4 is 11.0 Å². The largest absolute Gasteiger partial charge is 0.333 e. The minimum absolute atomic E-state index is 0.447. The lowest BCUT2D eigenvalue weighted by Crippen LogP contribution is -1.97. The van der Waals surface area contributed by atoms with E-state index in [-0.39, 0.29) is 0 Å². The second-order valence-corrected chi connectivity index (χ2v) is 4.00. The molecule has 0 fully saturated rings. The molecule has 0 radical (unpaired) electrons. The average molecular weight is 189 g/mol. The normalized spacial score (nSPS) is 11.5. The highest BCUT2D eigenvalue weighted by Crippen LogP contribution is 2.23. The fourth-order valence-electron chi connectivity index (χ4n) is 1.74. The molecule has 0 aliphatic carbocycles. The maximum atomic E-state index is 4.34. The molecule has 2 aromatic heterocycles. The van der Waals surface area contributed by atoms with E-state index >= 15 is 0 Å². The molecule has 0 saturated carbocycles. The first-order valence-electron chi connectivity index (χ1n) is 4.88. The van der Waals surface area contributed by atoms with Crippen LogP contribution in [-0.2, 0) is 7.05 Å². The molecule has 0 aliphatic heterocycles. The molecule has 0 bridgehead atoms. The molecule has 0 amide bonds. The van der Waals surface area contributed by atoms with Crippen LogP contribution in [0.25, 0.3) is 11.0 Å². The van der Waals surface area contributed by atoms with Gasteiger partial charge in [-0.3, -0.25) is 0 Å². The number of fused-ring (bicyclic) bond motifs is 1. The molecular formula is C11H15N3. The van der Waals surface area contributed by atoms with Gasteiger partial charge in [0.05, 0.1) is 5.69 Å². The average Bonchev–Trinajstić information content (AvgIpc) is 2.43. The van der Waals surface area contributed by atoms with Crippen LogP contribution in [0.1, 0.15) is 31.2 Å². The Kier molecular flexibility index (Phi) is 2.02. The van der Waals surface area contributed by atoms with Gasteiger partial charge in [0.2, 0.25) is 0 Å². The van der Waals surface area contributed by atoms with Crippen LogP contribution in [0.15, 0.2) is 12.4 Å².